The second kappa shape index (κ2) is 5.53. The van der Waals surface area contributed by atoms with Crippen molar-refractivity contribution in [3.8, 4) is 11.3 Å². The van der Waals surface area contributed by atoms with Crippen LogP contribution in [0.2, 0.25) is 5.02 Å². The first kappa shape index (κ1) is 15.6. The first-order valence-electron chi connectivity index (χ1n) is 6.68. The Hall–Kier alpha value is -1.81. The number of allylic oxidation sites excluding steroid dienone is 1. The van der Waals surface area contributed by atoms with Gasteiger partial charge in [-0.1, -0.05) is 44.5 Å². The second-order valence-electron chi connectivity index (χ2n) is 5.95. The normalized spacial score (nSPS) is 11.7. The molecule has 21 heavy (non-hydrogen) atoms. The van der Waals surface area contributed by atoms with Gasteiger partial charge in [-0.25, -0.2) is 9.37 Å². The number of nitrogens with two attached hydrogens (primary N) is 1. The van der Waals surface area contributed by atoms with E-state index < -0.39 is 5.82 Å². The fraction of sp³-hybridized carbons (Fsp3) is 0.312. The van der Waals surface area contributed by atoms with Gasteiger partial charge < -0.3 is 10.3 Å². The van der Waals surface area contributed by atoms with Gasteiger partial charge in [-0.15, -0.1) is 6.58 Å². The van der Waals surface area contributed by atoms with E-state index in [2.05, 4.69) is 32.3 Å². The van der Waals surface area contributed by atoms with E-state index in [0.29, 0.717) is 23.6 Å². The van der Waals surface area contributed by atoms with Gasteiger partial charge in [-0.3, -0.25) is 0 Å². The Morgan fingerprint density at radius 2 is 2.10 bits per heavy atom. The standard InChI is InChI=1S/C16H19ClFN3/c1-5-8-21-14(19)13(20-15(21)16(2,3)4)10-6-7-11(17)12(18)9-10/h5-7,9H,1,8,19H2,2-4H3. The van der Waals surface area contributed by atoms with Crippen molar-refractivity contribution in [2.45, 2.75) is 32.7 Å². The molecule has 0 radical (unpaired) electrons. The van der Waals surface area contributed by atoms with Crippen LogP contribution in [-0.2, 0) is 12.0 Å². The van der Waals surface area contributed by atoms with Crippen molar-refractivity contribution in [3.05, 3.63) is 47.5 Å². The highest BCUT2D eigenvalue weighted by Crippen LogP contribution is 2.33. The molecule has 3 nitrogen and oxygen atoms in total. The fourth-order valence-electron chi connectivity index (χ4n) is 2.21. The molecule has 1 aromatic heterocycles. The summed E-state index contributed by atoms with van der Waals surface area (Å²) in [5.74, 6) is 0.857. The summed E-state index contributed by atoms with van der Waals surface area (Å²) >= 11 is 5.72. The molecule has 0 aliphatic rings. The van der Waals surface area contributed by atoms with E-state index in [0.717, 1.165) is 5.82 Å². The molecule has 0 saturated carbocycles. The topological polar surface area (TPSA) is 43.8 Å². The van der Waals surface area contributed by atoms with E-state index in [1.165, 1.54) is 12.1 Å². The van der Waals surface area contributed by atoms with Crippen LogP contribution >= 0.6 is 11.6 Å². The number of imidazole rings is 1. The van der Waals surface area contributed by atoms with E-state index in [-0.39, 0.29) is 10.4 Å². The molecular weight excluding hydrogens is 289 g/mol. The molecular formula is C16H19ClFN3. The number of halogens is 2. The zero-order chi connectivity index (χ0) is 15.8. The number of hydrogen-bond donors (Lipinski definition) is 1. The molecule has 0 fully saturated rings. The van der Waals surface area contributed by atoms with Crippen molar-refractivity contribution in [1.29, 1.82) is 0 Å². The van der Waals surface area contributed by atoms with Crippen LogP contribution in [0.3, 0.4) is 0 Å². The lowest BCUT2D eigenvalue weighted by molar-refractivity contribution is 0.515. The van der Waals surface area contributed by atoms with Crippen LogP contribution in [-0.4, -0.2) is 9.55 Å². The summed E-state index contributed by atoms with van der Waals surface area (Å²) in [5, 5.41) is 0.0823. The average Bonchev–Trinajstić information content (AvgIpc) is 2.71. The monoisotopic (exact) mass is 307 g/mol. The zero-order valence-corrected chi connectivity index (χ0v) is 13.2. The molecule has 5 heteroatoms. The minimum atomic E-state index is -0.482. The third-order valence-electron chi connectivity index (χ3n) is 3.18. The van der Waals surface area contributed by atoms with Gasteiger partial charge in [0.05, 0.1) is 5.02 Å². The maximum atomic E-state index is 13.7. The third kappa shape index (κ3) is 2.95. The number of anilines is 1. The van der Waals surface area contributed by atoms with Gasteiger partial charge in [0.15, 0.2) is 0 Å². The van der Waals surface area contributed by atoms with E-state index in [1.54, 1.807) is 12.1 Å². The second-order valence-corrected chi connectivity index (χ2v) is 6.35. The van der Waals surface area contributed by atoms with Crippen molar-refractivity contribution >= 4 is 17.4 Å². The molecule has 1 aromatic carbocycles. The smallest absolute Gasteiger partial charge is 0.142 e. The highest BCUT2D eigenvalue weighted by molar-refractivity contribution is 6.30. The zero-order valence-electron chi connectivity index (χ0n) is 12.5. The van der Waals surface area contributed by atoms with E-state index in [1.807, 2.05) is 4.57 Å². The van der Waals surface area contributed by atoms with Crippen LogP contribution < -0.4 is 5.73 Å². The lowest BCUT2D eigenvalue weighted by Gasteiger charge is -2.19. The molecule has 0 saturated heterocycles. The molecule has 1 heterocycles. The predicted molar refractivity (Wildman–Crippen MR) is 85.9 cm³/mol. The first-order valence-corrected chi connectivity index (χ1v) is 7.06. The van der Waals surface area contributed by atoms with E-state index in [9.17, 15) is 4.39 Å². The van der Waals surface area contributed by atoms with Crippen LogP contribution in [0, 0.1) is 5.82 Å². The van der Waals surface area contributed by atoms with Gasteiger partial charge in [0.2, 0.25) is 0 Å². The van der Waals surface area contributed by atoms with Crippen LogP contribution in [0.1, 0.15) is 26.6 Å². The number of benzene rings is 1. The summed E-state index contributed by atoms with van der Waals surface area (Å²) in [5.41, 5.74) is 7.20. The van der Waals surface area contributed by atoms with Crippen molar-refractivity contribution < 1.29 is 4.39 Å². The van der Waals surface area contributed by atoms with Crippen LogP contribution in [0.25, 0.3) is 11.3 Å². The quantitative estimate of drug-likeness (QED) is 0.854. The summed E-state index contributed by atoms with van der Waals surface area (Å²) in [6.07, 6.45) is 1.76. The van der Waals surface area contributed by atoms with Crippen molar-refractivity contribution in [2.75, 3.05) is 5.73 Å². The van der Waals surface area contributed by atoms with Gasteiger partial charge >= 0.3 is 0 Å². The molecule has 0 unspecified atom stereocenters. The Labute approximate surface area is 129 Å². The van der Waals surface area contributed by atoms with Crippen molar-refractivity contribution in [2.24, 2.45) is 0 Å². The van der Waals surface area contributed by atoms with Gasteiger partial charge in [-0.2, -0.15) is 0 Å². The van der Waals surface area contributed by atoms with Crippen LogP contribution in [0.4, 0.5) is 10.2 Å². The van der Waals surface area contributed by atoms with Crippen LogP contribution in [0.15, 0.2) is 30.9 Å². The average molecular weight is 308 g/mol. The molecule has 2 aromatic rings. The minimum absolute atomic E-state index is 0.0823. The SMILES string of the molecule is C=CCn1c(C(C)(C)C)nc(-c2ccc(Cl)c(F)c2)c1N. The summed E-state index contributed by atoms with van der Waals surface area (Å²) in [7, 11) is 0. The predicted octanol–water partition coefficient (Wildman–Crippen LogP) is 4.41. The summed E-state index contributed by atoms with van der Waals surface area (Å²) in [6, 6.07) is 4.58. The van der Waals surface area contributed by atoms with Crippen LogP contribution in [0.5, 0.6) is 0 Å². The fourth-order valence-corrected chi connectivity index (χ4v) is 2.33. The molecule has 2 N–H and O–H groups in total. The number of rotatable bonds is 3. The first-order chi connectivity index (χ1) is 9.75. The van der Waals surface area contributed by atoms with Crippen molar-refractivity contribution in [3.63, 3.8) is 0 Å². The van der Waals surface area contributed by atoms with Gasteiger partial charge in [-0.05, 0) is 12.1 Å². The molecule has 0 spiro atoms. The lowest BCUT2D eigenvalue weighted by Crippen LogP contribution is -2.19. The molecule has 0 aliphatic carbocycles. The Balaban J connectivity index is 2.64. The van der Waals surface area contributed by atoms with E-state index in [4.69, 9.17) is 17.3 Å². The Kier molecular flexibility index (Phi) is 4.10. The largest absolute Gasteiger partial charge is 0.383 e. The molecule has 0 aliphatic heterocycles. The number of aromatic nitrogens is 2. The number of nitrogen functional groups attached to an aromatic ring is 1. The maximum Gasteiger partial charge on any atom is 0.142 e. The number of hydrogen-bond acceptors (Lipinski definition) is 2. The Morgan fingerprint density at radius 3 is 2.62 bits per heavy atom. The molecule has 0 amide bonds. The molecule has 2 rings (SSSR count). The van der Waals surface area contributed by atoms with Gasteiger partial charge in [0.25, 0.3) is 0 Å². The van der Waals surface area contributed by atoms with Gasteiger partial charge in [0, 0.05) is 17.5 Å². The molecule has 112 valence electrons. The molecule has 0 atom stereocenters. The summed E-state index contributed by atoms with van der Waals surface area (Å²) < 4.78 is 15.6. The third-order valence-corrected chi connectivity index (χ3v) is 3.49. The van der Waals surface area contributed by atoms with Crippen molar-refractivity contribution in [1.82, 2.24) is 9.55 Å². The summed E-state index contributed by atoms with van der Waals surface area (Å²) in [4.78, 5) is 4.62. The highest BCUT2D eigenvalue weighted by atomic mass is 35.5. The summed E-state index contributed by atoms with van der Waals surface area (Å²) in [6.45, 7) is 10.5. The maximum absolute atomic E-state index is 13.7. The minimum Gasteiger partial charge on any atom is -0.383 e. The Bertz CT molecular complexity index is 684. The van der Waals surface area contributed by atoms with E-state index >= 15 is 0 Å². The highest BCUT2D eigenvalue weighted by Gasteiger charge is 2.25. The number of nitrogens with zero attached hydrogens (tertiary/aromatic N) is 2. The Morgan fingerprint density at radius 1 is 1.43 bits per heavy atom. The molecule has 0 bridgehead atoms. The van der Waals surface area contributed by atoms with Gasteiger partial charge in [0.1, 0.15) is 23.2 Å². The lowest BCUT2D eigenvalue weighted by atomic mass is 9.95.